The van der Waals surface area contributed by atoms with Gasteiger partial charge in [0.15, 0.2) is 11.6 Å². The van der Waals surface area contributed by atoms with Crippen LogP contribution in [0.2, 0.25) is 0 Å². The van der Waals surface area contributed by atoms with E-state index in [0.29, 0.717) is 23.7 Å². The van der Waals surface area contributed by atoms with Crippen LogP contribution in [0.15, 0.2) is 30.3 Å². The van der Waals surface area contributed by atoms with Gasteiger partial charge in [-0.2, -0.15) is 0 Å². The predicted molar refractivity (Wildman–Crippen MR) is 87.5 cm³/mol. The fraction of sp³-hybridized carbons (Fsp3) is 0.400. The van der Waals surface area contributed by atoms with Gasteiger partial charge in [-0.05, 0) is 62.4 Å². The van der Waals surface area contributed by atoms with Crippen LogP contribution in [0.4, 0.5) is 8.78 Å². The lowest BCUT2D eigenvalue weighted by Crippen LogP contribution is -2.25. The molecule has 0 spiro atoms. The summed E-state index contributed by atoms with van der Waals surface area (Å²) in [5.41, 5.74) is 2.11. The highest BCUT2D eigenvalue weighted by atomic mass is 19.1. The molecule has 0 aromatic heterocycles. The Morgan fingerprint density at radius 1 is 1.17 bits per heavy atom. The van der Waals surface area contributed by atoms with E-state index in [-0.39, 0.29) is 29.6 Å². The topological polar surface area (TPSA) is 18.5 Å². The van der Waals surface area contributed by atoms with Crippen molar-refractivity contribution in [1.82, 2.24) is 0 Å². The number of hydrogen-bond donors (Lipinski definition) is 0. The van der Waals surface area contributed by atoms with E-state index in [1.165, 1.54) is 12.1 Å². The molecule has 0 N–H and O–H groups in total. The van der Waals surface area contributed by atoms with Gasteiger partial charge in [-0.1, -0.05) is 6.07 Å². The van der Waals surface area contributed by atoms with Crippen molar-refractivity contribution in [3.8, 4) is 11.5 Å². The molecule has 2 aliphatic rings. The molecule has 4 heteroatoms. The number of benzene rings is 2. The number of ether oxygens (including phenoxy) is 2. The highest BCUT2D eigenvalue weighted by Crippen LogP contribution is 2.41. The van der Waals surface area contributed by atoms with Crippen LogP contribution in [0.3, 0.4) is 0 Å². The fourth-order valence-corrected chi connectivity index (χ4v) is 3.31. The lowest BCUT2D eigenvalue weighted by molar-refractivity contribution is 0.135. The first kappa shape index (κ1) is 15.4. The molecule has 1 saturated carbocycles. The van der Waals surface area contributed by atoms with Crippen LogP contribution in [-0.4, -0.2) is 5.60 Å². The average molecular weight is 330 g/mol. The number of halogens is 2. The van der Waals surface area contributed by atoms with Crippen LogP contribution in [0.25, 0.3) is 0 Å². The van der Waals surface area contributed by atoms with Crippen LogP contribution in [-0.2, 0) is 13.0 Å². The zero-order valence-corrected chi connectivity index (χ0v) is 13.9. The first-order valence-electron chi connectivity index (χ1n) is 8.34. The standard InChI is InChI=1S/C20H20F2O2/c1-20(2)10-14-7-16(21)8-15(19(14)24-20)11-23-18-6-5-13(9-17(18)22)12-3-4-12/h5-9,12H,3-4,10-11H2,1-2H3. The van der Waals surface area contributed by atoms with Crippen LogP contribution < -0.4 is 9.47 Å². The summed E-state index contributed by atoms with van der Waals surface area (Å²) in [7, 11) is 0. The summed E-state index contributed by atoms with van der Waals surface area (Å²) in [5, 5.41) is 0. The lowest BCUT2D eigenvalue weighted by atomic mass is 10.0. The molecule has 2 aromatic carbocycles. The Morgan fingerprint density at radius 3 is 2.67 bits per heavy atom. The van der Waals surface area contributed by atoms with Gasteiger partial charge in [-0.25, -0.2) is 8.78 Å². The van der Waals surface area contributed by atoms with E-state index < -0.39 is 0 Å². The van der Waals surface area contributed by atoms with Gasteiger partial charge in [0.05, 0.1) is 0 Å². The molecular formula is C20H20F2O2. The molecule has 4 rings (SSSR count). The van der Waals surface area contributed by atoms with Gasteiger partial charge in [-0.15, -0.1) is 0 Å². The lowest BCUT2D eigenvalue weighted by Gasteiger charge is -2.18. The van der Waals surface area contributed by atoms with Gasteiger partial charge >= 0.3 is 0 Å². The number of hydrogen-bond acceptors (Lipinski definition) is 2. The summed E-state index contributed by atoms with van der Waals surface area (Å²) in [6, 6.07) is 8.01. The van der Waals surface area contributed by atoms with Crippen LogP contribution in [0.1, 0.15) is 49.3 Å². The van der Waals surface area contributed by atoms with Crippen molar-refractivity contribution in [1.29, 1.82) is 0 Å². The predicted octanol–water partition coefficient (Wildman–Crippen LogP) is 5.13. The molecule has 2 nitrogen and oxygen atoms in total. The SMILES string of the molecule is CC1(C)Cc2cc(F)cc(COc3ccc(C4CC4)cc3F)c2O1. The van der Waals surface area contributed by atoms with Gasteiger partial charge in [0, 0.05) is 17.5 Å². The maximum Gasteiger partial charge on any atom is 0.165 e. The average Bonchev–Trinajstić information content (AvgIpc) is 3.29. The summed E-state index contributed by atoms with van der Waals surface area (Å²) in [5.74, 6) is 0.661. The molecule has 0 radical (unpaired) electrons. The smallest absolute Gasteiger partial charge is 0.165 e. The Balaban J connectivity index is 1.55. The zero-order chi connectivity index (χ0) is 16.9. The molecule has 1 aliphatic carbocycles. The van der Waals surface area contributed by atoms with E-state index in [4.69, 9.17) is 9.47 Å². The zero-order valence-electron chi connectivity index (χ0n) is 13.9. The van der Waals surface area contributed by atoms with Gasteiger partial charge in [-0.3, -0.25) is 0 Å². The number of rotatable bonds is 4. The summed E-state index contributed by atoms with van der Waals surface area (Å²) in [6.07, 6.45) is 2.90. The van der Waals surface area contributed by atoms with E-state index in [1.807, 2.05) is 19.9 Å². The minimum absolute atomic E-state index is 0.0792. The molecule has 24 heavy (non-hydrogen) atoms. The van der Waals surface area contributed by atoms with Crippen molar-refractivity contribution in [2.24, 2.45) is 0 Å². The molecule has 0 saturated heterocycles. The molecule has 1 heterocycles. The molecule has 1 aliphatic heterocycles. The maximum absolute atomic E-state index is 14.2. The van der Waals surface area contributed by atoms with E-state index >= 15 is 0 Å². The Labute approximate surface area is 140 Å². The van der Waals surface area contributed by atoms with E-state index in [1.54, 1.807) is 12.1 Å². The first-order valence-corrected chi connectivity index (χ1v) is 8.34. The molecule has 126 valence electrons. The summed E-state index contributed by atoms with van der Waals surface area (Å²) in [4.78, 5) is 0. The summed E-state index contributed by atoms with van der Waals surface area (Å²) >= 11 is 0. The monoisotopic (exact) mass is 330 g/mol. The second-order valence-corrected chi connectivity index (χ2v) is 7.34. The normalized spacial score (nSPS) is 18.2. The van der Waals surface area contributed by atoms with Crippen LogP contribution >= 0.6 is 0 Å². The van der Waals surface area contributed by atoms with Crippen LogP contribution in [0.5, 0.6) is 11.5 Å². The molecule has 0 atom stereocenters. The third-order valence-corrected chi connectivity index (χ3v) is 4.59. The molecule has 2 aromatic rings. The van der Waals surface area contributed by atoms with Crippen molar-refractivity contribution >= 4 is 0 Å². The first-order chi connectivity index (χ1) is 11.4. The molecule has 0 bridgehead atoms. The molecular weight excluding hydrogens is 310 g/mol. The third kappa shape index (κ3) is 2.97. The van der Waals surface area contributed by atoms with Gasteiger partial charge in [0.2, 0.25) is 0 Å². The maximum atomic E-state index is 14.2. The quantitative estimate of drug-likeness (QED) is 0.773. The van der Waals surface area contributed by atoms with Crippen molar-refractivity contribution in [3.63, 3.8) is 0 Å². The van der Waals surface area contributed by atoms with Crippen molar-refractivity contribution in [2.75, 3.05) is 0 Å². The van der Waals surface area contributed by atoms with Gasteiger partial charge in [0.1, 0.15) is 23.8 Å². The second kappa shape index (κ2) is 5.47. The van der Waals surface area contributed by atoms with Crippen LogP contribution in [0, 0.1) is 11.6 Å². The molecule has 0 unspecified atom stereocenters. The van der Waals surface area contributed by atoms with Crippen molar-refractivity contribution in [2.45, 2.75) is 51.2 Å². The van der Waals surface area contributed by atoms with Gasteiger partial charge in [0.25, 0.3) is 0 Å². The Kier molecular flexibility index (Phi) is 3.52. The summed E-state index contributed by atoms with van der Waals surface area (Å²) in [6.45, 7) is 4.01. The Hall–Kier alpha value is -2.10. The van der Waals surface area contributed by atoms with Gasteiger partial charge < -0.3 is 9.47 Å². The highest BCUT2D eigenvalue weighted by molar-refractivity contribution is 5.46. The Bertz CT molecular complexity index is 794. The molecule has 0 amide bonds. The minimum Gasteiger partial charge on any atom is -0.487 e. The second-order valence-electron chi connectivity index (χ2n) is 7.34. The fourth-order valence-electron chi connectivity index (χ4n) is 3.31. The highest BCUT2D eigenvalue weighted by Gasteiger charge is 2.32. The van der Waals surface area contributed by atoms with E-state index in [9.17, 15) is 8.78 Å². The van der Waals surface area contributed by atoms with E-state index in [2.05, 4.69) is 0 Å². The third-order valence-electron chi connectivity index (χ3n) is 4.59. The van der Waals surface area contributed by atoms with E-state index in [0.717, 1.165) is 24.0 Å². The molecule has 1 fully saturated rings. The van der Waals surface area contributed by atoms with Crippen molar-refractivity contribution in [3.05, 3.63) is 58.7 Å². The summed E-state index contributed by atoms with van der Waals surface area (Å²) < 4.78 is 39.6. The number of fused-ring (bicyclic) bond motifs is 1. The largest absolute Gasteiger partial charge is 0.487 e. The minimum atomic E-state index is -0.367. The van der Waals surface area contributed by atoms with Crippen molar-refractivity contribution < 1.29 is 18.3 Å². The Morgan fingerprint density at radius 2 is 1.96 bits per heavy atom.